The number of ether oxygens (including phenoxy) is 1. The highest BCUT2D eigenvalue weighted by molar-refractivity contribution is 9.10. The molecule has 0 amide bonds. The van der Waals surface area contributed by atoms with E-state index in [0.29, 0.717) is 12.2 Å². The van der Waals surface area contributed by atoms with Gasteiger partial charge in [0.15, 0.2) is 5.78 Å². The van der Waals surface area contributed by atoms with Crippen LogP contribution in [0.25, 0.3) is 0 Å². The fourth-order valence-corrected chi connectivity index (χ4v) is 2.96. The summed E-state index contributed by atoms with van der Waals surface area (Å²) in [6, 6.07) is 26.8. The largest absolute Gasteiger partial charge is 0.361 e. The number of hydrogen-bond donors (Lipinski definition) is 0. The predicted molar refractivity (Wildman–Crippen MR) is 98.9 cm³/mol. The van der Waals surface area contributed by atoms with Gasteiger partial charge in [-0.05, 0) is 23.3 Å². The molecular formula is C21H17BrO2. The van der Waals surface area contributed by atoms with E-state index in [4.69, 9.17) is 4.74 Å². The van der Waals surface area contributed by atoms with Gasteiger partial charge in [-0.1, -0.05) is 88.7 Å². The summed E-state index contributed by atoms with van der Waals surface area (Å²) >= 11 is 3.46. The van der Waals surface area contributed by atoms with Crippen molar-refractivity contribution in [1.29, 1.82) is 0 Å². The summed E-state index contributed by atoms with van der Waals surface area (Å²) < 4.78 is 7.01. The summed E-state index contributed by atoms with van der Waals surface area (Å²) in [6.45, 7) is 0.373. The van der Waals surface area contributed by atoms with E-state index in [0.717, 1.165) is 15.6 Å². The van der Waals surface area contributed by atoms with Gasteiger partial charge < -0.3 is 4.74 Å². The molecule has 0 fully saturated rings. The third kappa shape index (κ3) is 4.19. The van der Waals surface area contributed by atoms with Crippen LogP contribution in [0.3, 0.4) is 0 Å². The van der Waals surface area contributed by atoms with Crippen molar-refractivity contribution in [3.63, 3.8) is 0 Å². The van der Waals surface area contributed by atoms with Gasteiger partial charge in [0.25, 0.3) is 0 Å². The number of benzene rings is 3. The van der Waals surface area contributed by atoms with Crippen molar-refractivity contribution in [2.45, 2.75) is 12.7 Å². The third-order valence-corrected chi connectivity index (χ3v) is 4.20. The Morgan fingerprint density at radius 1 is 0.875 bits per heavy atom. The minimum Gasteiger partial charge on any atom is -0.361 e. The van der Waals surface area contributed by atoms with Crippen LogP contribution in [0.1, 0.15) is 27.6 Å². The molecule has 2 nitrogen and oxygen atoms in total. The average molecular weight is 381 g/mol. The second-order valence-corrected chi connectivity index (χ2v) is 6.38. The van der Waals surface area contributed by atoms with Crippen molar-refractivity contribution >= 4 is 21.7 Å². The minimum absolute atomic E-state index is 0.0307. The number of ketones is 1. The van der Waals surface area contributed by atoms with Crippen molar-refractivity contribution in [3.8, 4) is 0 Å². The molecule has 0 spiro atoms. The first-order valence-corrected chi connectivity index (χ1v) is 8.53. The molecule has 3 aromatic rings. The SMILES string of the molecule is O=C(c1ccccc1)C(OCc1cccc(Br)c1)c1ccccc1. The van der Waals surface area contributed by atoms with Gasteiger partial charge in [-0.25, -0.2) is 0 Å². The van der Waals surface area contributed by atoms with E-state index in [9.17, 15) is 4.79 Å². The van der Waals surface area contributed by atoms with Gasteiger partial charge in [-0.3, -0.25) is 4.79 Å². The maximum atomic E-state index is 12.9. The van der Waals surface area contributed by atoms with Gasteiger partial charge in [0, 0.05) is 10.0 Å². The number of Topliss-reactive ketones (excluding diaryl/α,β-unsaturated/α-hetero) is 1. The highest BCUT2D eigenvalue weighted by atomic mass is 79.9. The van der Waals surface area contributed by atoms with Crippen LogP contribution in [0.5, 0.6) is 0 Å². The highest BCUT2D eigenvalue weighted by Crippen LogP contribution is 2.24. The van der Waals surface area contributed by atoms with Crippen molar-refractivity contribution in [3.05, 3.63) is 106 Å². The molecule has 0 N–H and O–H groups in total. The summed E-state index contributed by atoms with van der Waals surface area (Å²) in [7, 11) is 0. The Morgan fingerprint density at radius 3 is 2.21 bits per heavy atom. The molecule has 0 heterocycles. The summed E-state index contributed by atoms with van der Waals surface area (Å²) in [5.41, 5.74) is 2.54. The van der Waals surface area contributed by atoms with Gasteiger partial charge in [-0.2, -0.15) is 0 Å². The quantitative estimate of drug-likeness (QED) is 0.521. The predicted octanol–water partition coefficient (Wildman–Crippen LogP) is 5.59. The molecule has 0 aliphatic carbocycles. The van der Waals surface area contributed by atoms with Crippen LogP contribution in [-0.4, -0.2) is 5.78 Å². The molecule has 0 aromatic heterocycles. The third-order valence-electron chi connectivity index (χ3n) is 3.70. The zero-order chi connectivity index (χ0) is 16.8. The first-order chi connectivity index (χ1) is 11.7. The minimum atomic E-state index is -0.618. The number of rotatable bonds is 6. The van der Waals surface area contributed by atoms with E-state index in [1.54, 1.807) is 0 Å². The van der Waals surface area contributed by atoms with Gasteiger partial charge in [0.05, 0.1) is 6.61 Å². The molecule has 0 radical (unpaired) electrons. The lowest BCUT2D eigenvalue weighted by molar-refractivity contribution is 0.0334. The number of carbonyl (C=O) groups is 1. The van der Waals surface area contributed by atoms with E-state index in [-0.39, 0.29) is 5.78 Å². The van der Waals surface area contributed by atoms with Crippen LogP contribution in [-0.2, 0) is 11.3 Å². The van der Waals surface area contributed by atoms with Gasteiger partial charge >= 0.3 is 0 Å². The van der Waals surface area contributed by atoms with Crippen LogP contribution in [0.15, 0.2) is 89.4 Å². The van der Waals surface area contributed by atoms with Crippen molar-refractivity contribution in [1.82, 2.24) is 0 Å². The van der Waals surface area contributed by atoms with Crippen LogP contribution < -0.4 is 0 Å². The van der Waals surface area contributed by atoms with E-state index < -0.39 is 6.10 Å². The summed E-state index contributed by atoms with van der Waals surface area (Å²) in [4.78, 5) is 12.9. The monoisotopic (exact) mass is 380 g/mol. The van der Waals surface area contributed by atoms with E-state index >= 15 is 0 Å². The molecule has 1 unspecified atom stereocenters. The average Bonchev–Trinajstić information content (AvgIpc) is 2.63. The first-order valence-electron chi connectivity index (χ1n) is 7.74. The normalized spacial score (nSPS) is 11.9. The highest BCUT2D eigenvalue weighted by Gasteiger charge is 2.22. The zero-order valence-electron chi connectivity index (χ0n) is 13.1. The zero-order valence-corrected chi connectivity index (χ0v) is 14.6. The first kappa shape index (κ1) is 16.6. The lowest BCUT2D eigenvalue weighted by Crippen LogP contribution is -2.16. The lowest BCUT2D eigenvalue weighted by Gasteiger charge is -2.17. The van der Waals surface area contributed by atoms with E-state index in [1.165, 1.54) is 0 Å². The standard InChI is InChI=1S/C21H17BrO2/c22-19-13-7-8-16(14-19)15-24-21(18-11-5-2-6-12-18)20(23)17-9-3-1-4-10-17/h1-14,21H,15H2. The summed E-state index contributed by atoms with van der Waals surface area (Å²) in [6.07, 6.45) is -0.618. The molecule has 24 heavy (non-hydrogen) atoms. The fraction of sp³-hybridized carbons (Fsp3) is 0.0952. The molecular weight excluding hydrogens is 364 g/mol. The second-order valence-electron chi connectivity index (χ2n) is 5.46. The van der Waals surface area contributed by atoms with Gasteiger partial charge in [-0.15, -0.1) is 0 Å². The van der Waals surface area contributed by atoms with Gasteiger partial charge in [0.2, 0.25) is 0 Å². The van der Waals surface area contributed by atoms with Crippen LogP contribution in [0.2, 0.25) is 0 Å². The lowest BCUT2D eigenvalue weighted by atomic mass is 10.00. The summed E-state index contributed by atoms with van der Waals surface area (Å²) in [5.74, 6) is -0.0307. The van der Waals surface area contributed by atoms with E-state index in [2.05, 4.69) is 15.9 Å². The maximum absolute atomic E-state index is 12.9. The molecule has 0 saturated heterocycles. The Bertz CT molecular complexity index is 800. The Morgan fingerprint density at radius 2 is 1.54 bits per heavy atom. The van der Waals surface area contributed by atoms with Crippen molar-refractivity contribution < 1.29 is 9.53 Å². The molecule has 1 atom stereocenters. The molecule has 120 valence electrons. The van der Waals surface area contributed by atoms with Crippen LogP contribution in [0, 0.1) is 0 Å². The molecule has 0 aliphatic rings. The molecule has 0 aliphatic heterocycles. The van der Waals surface area contributed by atoms with Crippen LogP contribution in [0.4, 0.5) is 0 Å². The summed E-state index contributed by atoms with van der Waals surface area (Å²) in [5, 5.41) is 0. The molecule has 3 aromatic carbocycles. The van der Waals surface area contributed by atoms with Crippen molar-refractivity contribution in [2.75, 3.05) is 0 Å². The number of halogens is 1. The molecule has 3 heteroatoms. The Hall–Kier alpha value is -2.23. The molecule has 0 bridgehead atoms. The topological polar surface area (TPSA) is 26.3 Å². The Kier molecular flexibility index (Phi) is 5.57. The fourth-order valence-electron chi connectivity index (χ4n) is 2.51. The van der Waals surface area contributed by atoms with E-state index in [1.807, 2.05) is 84.9 Å². The number of hydrogen-bond acceptors (Lipinski definition) is 2. The molecule has 0 saturated carbocycles. The van der Waals surface area contributed by atoms with Crippen LogP contribution >= 0.6 is 15.9 Å². The molecule has 3 rings (SSSR count). The second kappa shape index (κ2) is 8.04. The Balaban J connectivity index is 1.84. The maximum Gasteiger partial charge on any atom is 0.196 e. The smallest absolute Gasteiger partial charge is 0.196 e. The number of carbonyl (C=O) groups excluding carboxylic acids is 1. The van der Waals surface area contributed by atoms with Gasteiger partial charge in [0.1, 0.15) is 6.10 Å². The Labute approximate surface area is 150 Å². The van der Waals surface area contributed by atoms with Crippen molar-refractivity contribution in [2.24, 2.45) is 0 Å².